The predicted octanol–water partition coefficient (Wildman–Crippen LogP) is 16.0. The molecule has 58 heavy (non-hydrogen) atoms. The average Bonchev–Trinajstić information content (AvgIpc) is 3.82. The van der Waals surface area contributed by atoms with Crippen LogP contribution in [0.3, 0.4) is 0 Å². The minimum Gasteiger partial charge on any atom is -0.454 e. The minimum atomic E-state index is -0.150. The molecule has 1 saturated carbocycles. The topological polar surface area (TPSA) is 16.4 Å². The van der Waals surface area contributed by atoms with Crippen molar-refractivity contribution in [1.82, 2.24) is 0 Å². The number of furan rings is 1. The van der Waals surface area contributed by atoms with Crippen molar-refractivity contribution in [1.29, 1.82) is 0 Å². The lowest BCUT2D eigenvalue weighted by Gasteiger charge is -2.26. The molecule has 8 aromatic carbocycles. The van der Waals surface area contributed by atoms with Gasteiger partial charge in [-0.25, -0.2) is 0 Å². The van der Waals surface area contributed by atoms with E-state index in [1.54, 1.807) is 0 Å². The van der Waals surface area contributed by atoms with Gasteiger partial charge in [0.15, 0.2) is 5.58 Å². The first-order chi connectivity index (χ1) is 28.3. The fraction of sp³-hybridized carbons (Fsp3) is 0.214. The van der Waals surface area contributed by atoms with Crippen molar-refractivity contribution in [3.8, 4) is 22.3 Å². The molecule has 0 aliphatic heterocycles. The highest BCUT2D eigenvalue weighted by Gasteiger charge is 2.42. The van der Waals surface area contributed by atoms with Gasteiger partial charge in [-0.2, -0.15) is 0 Å². The maximum absolute atomic E-state index is 7.05. The number of nitrogens with zero attached hydrogens (tertiary/aromatic N) is 1. The van der Waals surface area contributed by atoms with E-state index in [-0.39, 0.29) is 10.8 Å². The Morgan fingerprint density at radius 3 is 1.69 bits per heavy atom. The smallest absolute Gasteiger partial charge is 0.159 e. The van der Waals surface area contributed by atoms with E-state index in [2.05, 4.69) is 178 Å². The summed E-state index contributed by atoms with van der Waals surface area (Å²) < 4.78 is 7.05. The predicted molar refractivity (Wildman–Crippen MR) is 244 cm³/mol. The van der Waals surface area contributed by atoms with Crippen molar-refractivity contribution in [3.05, 3.63) is 173 Å². The van der Waals surface area contributed by atoms with Crippen LogP contribution in [-0.2, 0) is 10.8 Å². The van der Waals surface area contributed by atoms with Crippen LogP contribution in [0.4, 0.5) is 17.1 Å². The van der Waals surface area contributed by atoms with Crippen LogP contribution in [-0.4, -0.2) is 0 Å². The number of hydrogen-bond donors (Lipinski definition) is 0. The third-order valence-corrected chi connectivity index (χ3v) is 14.4. The summed E-state index contributed by atoms with van der Waals surface area (Å²) in [7, 11) is 0. The third kappa shape index (κ3) is 4.78. The summed E-state index contributed by atoms with van der Waals surface area (Å²) in [4.78, 5) is 2.39. The van der Waals surface area contributed by atoms with Gasteiger partial charge in [0.1, 0.15) is 5.58 Å². The van der Waals surface area contributed by atoms with Gasteiger partial charge in [0.2, 0.25) is 0 Å². The maximum atomic E-state index is 7.05. The summed E-state index contributed by atoms with van der Waals surface area (Å²) in [5, 5.41) is 7.52. The van der Waals surface area contributed by atoms with Crippen LogP contribution < -0.4 is 4.90 Å². The van der Waals surface area contributed by atoms with Gasteiger partial charge < -0.3 is 9.32 Å². The van der Waals surface area contributed by atoms with Crippen LogP contribution in [0.1, 0.15) is 93.5 Å². The molecular weight excluding hydrogens is 703 g/mol. The highest BCUT2D eigenvalue weighted by Crippen LogP contribution is 2.57. The fourth-order valence-corrected chi connectivity index (χ4v) is 11.3. The van der Waals surface area contributed by atoms with Gasteiger partial charge >= 0.3 is 0 Å². The molecule has 1 aromatic heterocycles. The summed E-state index contributed by atoms with van der Waals surface area (Å²) in [6, 6.07) is 54.9. The Hall–Kier alpha value is -6.12. The summed E-state index contributed by atoms with van der Waals surface area (Å²) >= 11 is 0. The van der Waals surface area contributed by atoms with Crippen molar-refractivity contribution in [3.63, 3.8) is 0 Å². The van der Waals surface area contributed by atoms with Gasteiger partial charge in [0.25, 0.3) is 0 Å². The van der Waals surface area contributed by atoms with Gasteiger partial charge in [0.05, 0.1) is 5.69 Å². The lowest BCUT2D eigenvalue weighted by Crippen LogP contribution is -2.17. The van der Waals surface area contributed by atoms with E-state index in [1.165, 1.54) is 114 Å². The van der Waals surface area contributed by atoms with Crippen molar-refractivity contribution < 1.29 is 4.42 Å². The van der Waals surface area contributed by atoms with E-state index >= 15 is 0 Å². The van der Waals surface area contributed by atoms with Gasteiger partial charge in [-0.1, -0.05) is 126 Å². The summed E-state index contributed by atoms with van der Waals surface area (Å²) in [6.07, 6.45) is 6.43. The molecule has 282 valence electrons. The molecule has 1 fully saturated rings. The molecule has 2 heteroatoms. The molecule has 0 unspecified atom stereocenters. The molecule has 0 N–H and O–H groups in total. The van der Waals surface area contributed by atoms with Crippen LogP contribution in [0.5, 0.6) is 0 Å². The molecule has 0 saturated heterocycles. The van der Waals surface area contributed by atoms with Crippen LogP contribution in [0.2, 0.25) is 0 Å². The zero-order valence-electron chi connectivity index (χ0n) is 33.8. The Morgan fingerprint density at radius 1 is 0.448 bits per heavy atom. The molecule has 3 aliphatic rings. The van der Waals surface area contributed by atoms with E-state index in [0.29, 0.717) is 5.92 Å². The van der Waals surface area contributed by atoms with Crippen LogP contribution >= 0.6 is 0 Å². The van der Waals surface area contributed by atoms with E-state index in [4.69, 9.17) is 4.42 Å². The number of hydrogen-bond acceptors (Lipinski definition) is 2. The molecule has 9 aromatic rings. The fourth-order valence-electron chi connectivity index (χ4n) is 11.3. The number of benzene rings is 8. The average molecular weight is 750 g/mol. The number of rotatable bonds is 4. The molecule has 12 rings (SSSR count). The Bertz CT molecular complexity index is 3160. The Balaban J connectivity index is 1.00. The molecule has 3 aliphatic carbocycles. The lowest BCUT2D eigenvalue weighted by molar-refractivity contribution is 0.442. The summed E-state index contributed by atoms with van der Waals surface area (Å²) in [5.74, 6) is 0.563. The maximum Gasteiger partial charge on any atom is 0.159 e. The van der Waals surface area contributed by atoms with Crippen molar-refractivity contribution >= 4 is 60.5 Å². The summed E-state index contributed by atoms with van der Waals surface area (Å²) in [6.45, 7) is 9.64. The second-order valence-electron chi connectivity index (χ2n) is 18.4. The monoisotopic (exact) mass is 749 g/mol. The van der Waals surface area contributed by atoms with E-state index in [9.17, 15) is 0 Å². The molecule has 0 atom stereocenters. The first kappa shape index (κ1) is 34.0. The third-order valence-electron chi connectivity index (χ3n) is 14.4. The highest BCUT2D eigenvalue weighted by molar-refractivity contribution is 6.11. The molecule has 2 nitrogen and oxygen atoms in total. The zero-order valence-corrected chi connectivity index (χ0v) is 33.8. The van der Waals surface area contributed by atoms with E-state index < -0.39 is 0 Å². The minimum absolute atomic E-state index is 0.0800. The second-order valence-corrected chi connectivity index (χ2v) is 18.4. The van der Waals surface area contributed by atoms with Crippen molar-refractivity contribution in [2.24, 2.45) is 0 Å². The molecule has 0 bridgehead atoms. The van der Waals surface area contributed by atoms with Crippen LogP contribution in [0.15, 0.2) is 150 Å². The van der Waals surface area contributed by atoms with Gasteiger partial charge in [-0.3, -0.25) is 0 Å². The Labute approximate surface area is 340 Å². The molecular formula is C56H47NO. The van der Waals surface area contributed by atoms with E-state index in [1.807, 2.05) is 0 Å². The standard InChI is InChI=1S/C56H47NO/c1-55(2)48-30-36-18-12-11-17-35(36)28-44(48)46-32-51-47(33-50(46)55)45-29-37-25-26-40(27-38(37)31-49(45)56(51,3)4)57(39-19-9-6-10-20-39)52-24-14-23-43-42-22-13-21-41(53(42)58-54(43)52)34-15-7-5-8-16-34/h6,9-14,17-34H,5,7-8,15-16H2,1-4H3. The number of para-hydroxylation sites is 3. The van der Waals surface area contributed by atoms with Crippen LogP contribution in [0, 0.1) is 0 Å². The molecule has 1 heterocycles. The number of anilines is 3. The van der Waals surface area contributed by atoms with Gasteiger partial charge in [0, 0.05) is 33.0 Å². The summed E-state index contributed by atoms with van der Waals surface area (Å²) in [5.41, 5.74) is 17.6. The molecule has 0 radical (unpaired) electrons. The van der Waals surface area contributed by atoms with Gasteiger partial charge in [-0.15, -0.1) is 0 Å². The van der Waals surface area contributed by atoms with Crippen LogP contribution in [0.25, 0.3) is 65.7 Å². The normalized spacial score (nSPS) is 16.5. The zero-order chi connectivity index (χ0) is 38.9. The second kappa shape index (κ2) is 12.2. The quantitative estimate of drug-likeness (QED) is 0.178. The molecule has 0 amide bonds. The van der Waals surface area contributed by atoms with Crippen molar-refractivity contribution in [2.75, 3.05) is 4.90 Å². The van der Waals surface area contributed by atoms with Gasteiger partial charge in [-0.05, 0) is 157 Å². The SMILES string of the molecule is CC1(C)c2cc3c(cc2-c2cc4ccccc4cc21)C(C)(C)c1cc2cc(N(c4ccccc4)c4cccc5c4oc4c(C6CCCCC6)cccc45)ccc2cc1-3. The first-order valence-corrected chi connectivity index (χ1v) is 21.4. The Morgan fingerprint density at radius 2 is 1.00 bits per heavy atom. The lowest BCUT2D eigenvalue weighted by atomic mass is 9.79. The Kier molecular flexibility index (Phi) is 7.14. The first-order valence-electron chi connectivity index (χ1n) is 21.4. The van der Waals surface area contributed by atoms with Crippen molar-refractivity contribution in [2.45, 2.75) is 76.5 Å². The van der Waals surface area contributed by atoms with E-state index in [0.717, 1.165) is 28.2 Å². The molecule has 0 spiro atoms. The number of fused-ring (bicyclic) bond motifs is 11. The largest absolute Gasteiger partial charge is 0.454 e. The highest BCUT2D eigenvalue weighted by atomic mass is 16.3.